The maximum absolute atomic E-state index is 16.6. The van der Waals surface area contributed by atoms with E-state index in [0.717, 1.165) is 86.2 Å². The maximum Gasteiger partial charge on any atom is 0.319 e. The van der Waals surface area contributed by atoms with E-state index < -0.39 is 0 Å². The second-order valence-corrected chi connectivity index (χ2v) is 12.1. The van der Waals surface area contributed by atoms with Gasteiger partial charge in [-0.15, -0.1) is 0 Å². The Morgan fingerprint density at radius 3 is 2.69 bits per heavy atom. The molecule has 2 aromatic heterocycles. The topological polar surface area (TPSA) is 79.4 Å². The first-order valence-electron chi connectivity index (χ1n) is 14.0. The van der Waals surface area contributed by atoms with Crippen LogP contribution in [-0.2, 0) is 4.74 Å². The van der Waals surface area contributed by atoms with E-state index in [1.807, 2.05) is 31.2 Å². The van der Waals surface area contributed by atoms with Gasteiger partial charge in [0.1, 0.15) is 11.3 Å². The van der Waals surface area contributed by atoms with E-state index in [1.54, 1.807) is 6.20 Å². The fourth-order valence-corrected chi connectivity index (χ4v) is 6.51. The van der Waals surface area contributed by atoms with Crippen molar-refractivity contribution >= 4 is 27.6 Å². The monoisotopic (exact) mass is 530 g/mol. The number of hydrogen-bond donors (Lipinski definition) is 1. The molecule has 0 amide bonds. The molecule has 1 saturated carbocycles. The van der Waals surface area contributed by atoms with Crippen molar-refractivity contribution in [3.05, 3.63) is 41.8 Å². The highest BCUT2D eigenvalue weighted by Crippen LogP contribution is 2.46. The Labute approximate surface area is 227 Å². The largest absolute Gasteiger partial charge is 0.463 e. The number of H-pyrrole nitrogens is 1. The molecule has 1 aliphatic carbocycles. The van der Waals surface area contributed by atoms with Gasteiger partial charge in [0.05, 0.1) is 30.5 Å². The van der Waals surface area contributed by atoms with Gasteiger partial charge in [0.25, 0.3) is 0 Å². The summed E-state index contributed by atoms with van der Waals surface area (Å²) in [4.78, 5) is 14.0. The molecule has 0 unspecified atom stereocenters. The minimum atomic E-state index is -0.362. The van der Waals surface area contributed by atoms with E-state index in [1.165, 1.54) is 0 Å². The molecule has 3 fully saturated rings. The van der Waals surface area contributed by atoms with Crippen LogP contribution in [0.4, 0.5) is 10.2 Å². The molecule has 0 bridgehead atoms. The Kier molecular flexibility index (Phi) is 5.79. The minimum absolute atomic E-state index is 0.116. The Balaban J connectivity index is 1.34. The van der Waals surface area contributed by atoms with Crippen LogP contribution in [0.25, 0.3) is 32.9 Å². The predicted octanol–water partition coefficient (Wildman–Crippen LogP) is 5.10. The molecule has 39 heavy (non-hydrogen) atoms. The number of aromatic amines is 1. The number of ether oxygens (including phenoxy) is 2. The number of anilines is 1. The summed E-state index contributed by atoms with van der Waals surface area (Å²) in [6, 6.07) is 8.03. The van der Waals surface area contributed by atoms with Gasteiger partial charge in [-0.1, -0.05) is 12.1 Å². The summed E-state index contributed by atoms with van der Waals surface area (Å²) in [5.41, 5.74) is 3.47. The number of nitrogens with zero attached hydrogens (tertiary/aromatic N) is 5. The quantitative estimate of drug-likeness (QED) is 0.356. The van der Waals surface area contributed by atoms with Gasteiger partial charge in [-0.25, -0.2) is 4.39 Å². The first-order valence-corrected chi connectivity index (χ1v) is 14.0. The molecule has 2 saturated heterocycles. The highest BCUT2D eigenvalue weighted by molar-refractivity contribution is 6.00. The van der Waals surface area contributed by atoms with Crippen molar-refractivity contribution < 1.29 is 13.9 Å². The second-order valence-electron chi connectivity index (χ2n) is 12.1. The van der Waals surface area contributed by atoms with Crippen LogP contribution < -0.4 is 9.64 Å². The molecule has 2 aliphatic heterocycles. The number of hydrogen-bond acceptors (Lipinski definition) is 7. The van der Waals surface area contributed by atoms with E-state index >= 15 is 4.39 Å². The Hall–Kier alpha value is -3.30. The summed E-state index contributed by atoms with van der Waals surface area (Å²) in [6.07, 6.45) is 7.10. The summed E-state index contributed by atoms with van der Waals surface area (Å²) in [7, 11) is 4.16. The Bertz CT molecular complexity index is 1560. The molecule has 3 aliphatic rings. The lowest BCUT2D eigenvalue weighted by atomic mass is 9.85. The van der Waals surface area contributed by atoms with Crippen molar-refractivity contribution in [2.75, 3.05) is 51.8 Å². The third-order valence-electron chi connectivity index (χ3n) is 8.79. The van der Waals surface area contributed by atoms with Crippen LogP contribution in [0.3, 0.4) is 0 Å². The Morgan fingerprint density at radius 1 is 1.10 bits per heavy atom. The molecule has 1 spiro atoms. The van der Waals surface area contributed by atoms with Crippen LogP contribution in [0.1, 0.15) is 37.7 Å². The molecule has 1 N–H and O–H groups in total. The van der Waals surface area contributed by atoms with Crippen LogP contribution in [0, 0.1) is 18.2 Å². The molecular weight excluding hydrogens is 495 g/mol. The van der Waals surface area contributed by atoms with Crippen molar-refractivity contribution in [1.29, 1.82) is 0 Å². The number of fused-ring (bicyclic) bond motifs is 2. The lowest BCUT2D eigenvalue weighted by molar-refractivity contribution is -0.151. The molecular formula is C30H35FN6O2. The van der Waals surface area contributed by atoms with E-state index in [-0.39, 0.29) is 22.8 Å². The van der Waals surface area contributed by atoms with Crippen molar-refractivity contribution in [2.24, 2.45) is 5.41 Å². The minimum Gasteiger partial charge on any atom is -0.463 e. The number of benzene rings is 2. The number of nitrogens with one attached hydrogen (secondary N) is 1. The fourth-order valence-electron chi connectivity index (χ4n) is 6.51. The summed E-state index contributed by atoms with van der Waals surface area (Å²) in [5.74, 6) is 0.365. The number of rotatable bonds is 7. The molecule has 8 nitrogen and oxygen atoms in total. The summed E-state index contributed by atoms with van der Waals surface area (Å²) >= 11 is 0. The Morgan fingerprint density at radius 2 is 1.95 bits per heavy atom. The van der Waals surface area contributed by atoms with Gasteiger partial charge in [0, 0.05) is 47.8 Å². The van der Waals surface area contributed by atoms with Gasteiger partial charge in [-0.2, -0.15) is 15.1 Å². The van der Waals surface area contributed by atoms with Gasteiger partial charge < -0.3 is 19.3 Å². The number of piperidine rings is 1. The molecule has 4 aromatic rings. The van der Waals surface area contributed by atoms with Gasteiger partial charge in [0.2, 0.25) is 0 Å². The van der Waals surface area contributed by atoms with Crippen molar-refractivity contribution in [1.82, 2.24) is 25.1 Å². The van der Waals surface area contributed by atoms with Gasteiger partial charge in [-0.05, 0) is 70.0 Å². The van der Waals surface area contributed by atoms with Gasteiger partial charge in [-0.3, -0.25) is 5.10 Å². The molecule has 0 radical (unpaired) electrons. The first-order chi connectivity index (χ1) is 18.9. The summed E-state index contributed by atoms with van der Waals surface area (Å²) < 4.78 is 28.9. The second kappa shape index (κ2) is 9.13. The highest BCUT2D eigenvalue weighted by atomic mass is 19.1. The molecule has 204 valence electrons. The average Bonchev–Trinajstić information content (AvgIpc) is 3.49. The van der Waals surface area contributed by atoms with Crippen molar-refractivity contribution in [3.8, 4) is 17.1 Å². The van der Waals surface area contributed by atoms with Crippen LogP contribution in [-0.4, -0.2) is 77.6 Å². The van der Waals surface area contributed by atoms with Gasteiger partial charge >= 0.3 is 6.01 Å². The molecule has 2 aromatic carbocycles. The van der Waals surface area contributed by atoms with E-state index in [0.29, 0.717) is 23.1 Å². The van der Waals surface area contributed by atoms with Gasteiger partial charge in [0.15, 0.2) is 5.82 Å². The third-order valence-corrected chi connectivity index (χ3v) is 8.79. The van der Waals surface area contributed by atoms with Crippen LogP contribution in [0.5, 0.6) is 6.01 Å². The number of aromatic nitrogens is 4. The smallest absolute Gasteiger partial charge is 0.319 e. The summed E-state index contributed by atoms with van der Waals surface area (Å²) in [5, 5.41) is 8.79. The predicted molar refractivity (Wildman–Crippen MR) is 150 cm³/mol. The molecule has 1 atom stereocenters. The highest BCUT2D eigenvalue weighted by Gasteiger charge is 2.45. The third kappa shape index (κ3) is 4.32. The SMILES string of the molecule is Cc1ccc2[nH]ncc2c1-c1ccc2c(N3CCC[C@]4(CCO4)C3)nc(OCC3(CN(C)C)CC3)nc2c1F. The van der Waals surface area contributed by atoms with Crippen molar-refractivity contribution in [3.63, 3.8) is 0 Å². The van der Waals surface area contributed by atoms with E-state index in [2.05, 4.69) is 34.1 Å². The number of aryl methyl sites for hydroxylation is 1. The van der Waals surface area contributed by atoms with Crippen LogP contribution >= 0.6 is 0 Å². The standard InChI is InChI=1S/C30H35FN6O2/c1-19-5-8-23-22(15-32-35-23)24(19)20-6-7-21-26(25(20)31)33-28(38-18-29(10-11-29)16-36(2)3)34-27(21)37-13-4-9-30(17-37)12-14-39-30/h5-8,15H,4,9-14,16-18H2,1-3H3,(H,32,35)/t30-/m0/s1. The number of halogens is 1. The molecule has 7 rings (SSSR count). The zero-order chi connectivity index (χ0) is 26.8. The van der Waals surface area contributed by atoms with Crippen LogP contribution in [0.2, 0.25) is 0 Å². The lowest BCUT2D eigenvalue weighted by Crippen LogP contribution is -2.56. The summed E-state index contributed by atoms with van der Waals surface area (Å²) in [6.45, 7) is 5.87. The fraction of sp³-hybridized carbons (Fsp3) is 0.500. The lowest BCUT2D eigenvalue weighted by Gasteiger charge is -2.48. The zero-order valence-electron chi connectivity index (χ0n) is 22.9. The first kappa shape index (κ1) is 24.7. The zero-order valence-corrected chi connectivity index (χ0v) is 22.9. The van der Waals surface area contributed by atoms with Crippen LogP contribution in [0.15, 0.2) is 30.5 Å². The molecule has 4 heterocycles. The van der Waals surface area contributed by atoms with Crippen molar-refractivity contribution in [2.45, 2.75) is 44.6 Å². The van der Waals surface area contributed by atoms with E-state index in [9.17, 15) is 0 Å². The molecule has 9 heteroatoms. The average molecular weight is 531 g/mol. The normalized spacial score (nSPS) is 22.1. The maximum atomic E-state index is 16.6. The van der Waals surface area contributed by atoms with E-state index in [4.69, 9.17) is 19.4 Å².